The quantitative estimate of drug-likeness (QED) is 0.475. The molecule has 0 bridgehead atoms. The number of carbonyl (C=O) groups is 1. The normalized spacial score (nSPS) is 13.9. The lowest BCUT2D eigenvalue weighted by atomic mass is 10.1. The van der Waals surface area contributed by atoms with E-state index >= 15 is 0 Å². The van der Waals surface area contributed by atoms with Gasteiger partial charge in [-0.15, -0.1) is 0 Å². The van der Waals surface area contributed by atoms with Gasteiger partial charge in [-0.1, -0.05) is 35.9 Å². The molecule has 1 aliphatic heterocycles. The van der Waals surface area contributed by atoms with E-state index in [9.17, 15) is 14.9 Å². The van der Waals surface area contributed by atoms with Crippen LogP contribution in [0.5, 0.6) is 0 Å². The Labute approximate surface area is 180 Å². The van der Waals surface area contributed by atoms with Gasteiger partial charge < -0.3 is 9.80 Å². The van der Waals surface area contributed by atoms with Crippen LogP contribution in [0.1, 0.15) is 21.6 Å². The number of aryl methyl sites for hydroxylation is 2. The third-order valence-electron chi connectivity index (χ3n) is 5.35. The molecule has 8 heteroatoms. The van der Waals surface area contributed by atoms with Gasteiger partial charge in [0.2, 0.25) is 0 Å². The molecule has 0 saturated carbocycles. The standard InChI is InChI=1S/C23H23N5O3/c1-16-6-8-18(9-7-16)22-24-17(2)14-21(25-22)26-10-12-27(13-11-26)23(29)19-4-3-5-20(15-19)28(30)31/h3-9,14-15H,10-13H2,1-2H3. The Kier molecular flexibility index (Phi) is 5.62. The number of nitro benzene ring substituents is 1. The van der Waals surface area contributed by atoms with Gasteiger partial charge in [0.15, 0.2) is 5.82 Å². The van der Waals surface area contributed by atoms with Crippen LogP contribution in [0.3, 0.4) is 0 Å². The number of hydrogen-bond donors (Lipinski definition) is 0. The van der Waals surface area contributed by atoms with E-state index in [4.69, 9.17) is 4.98 Å². The van der Waals surface area contributed by atoms with E-state index in [1.807, 2.05) is 44.2 Å². The second kappa shape index (κ2) is 8.51. The summed E-state index contributed by atoms with van der Waals surface area (Å²) in [7, 11) is 0. The van der Waals surface area contributed by atoms with Crippen molar-refractivity contribution < 1.29 is 9.72 Å². The predicted octanol–water partition coefficient (Wildman–Crippen LogP) is 3.63. The summed E-state index contributed by atoms with van der Waals surface area (Å²) in [6.45, 7) is 6.29. The van der Waals surface area contributed by atoms with Gasteiger partial charge in [0.05, 0.1) is 4.92 Å². The zero-order chi connectivity index (χ0) is 22.0. The summed E-state index contributed by atoms with van der Waals surface area (Å²) in [5.74, 6) is 1.33. The van der Waals surface area contributed by atoms with Gasteiger partial charge in [0.1, 0.15) is 5.82 Å². The van der Waals surface area contributed by atoms with Crippen LogP contribution < -0.4 is 4.90 Å². The van der Waals surface area contributed by atoms with Crippen LogP contribution in [0.2, 0.25) is 0 Å². The van der Waals surface area contributed by atoms with Gasteiger partial charge >= 0.3 is 0 Å². The van der Waals surface area contributed by atoms with Gasteiger partial charge in [-0.25, -0.2) is 9.97 Å². The lowest BCUT2D eigenvalue weighted by molar-refractivity contribution is -0.384. The Balaban J connectivity index is 1.47. The van der Waals surface area contributed by atoms with Crippen LogP contribution in [-0.4, -0.2) is 51.9 Å². The Morgan fingerprint density at radius 3 is 2.35 bits per heavy atom. The van der Waals surface area contributed by atoms with Crippen LogP contribution in [0, 0.1) is 24.0 Å². The van der Waals surface area contributed by atoms with Crippen molar-refractivity contribution >= 4 is 17.4 Å². The number of nitro groups is 1. The molecule has 3 aromatic rings. The molecule has 2 heterocycles. The summed E-state index contributed by atoms with van der Waals surface area (Å²) >= 11 is 0. The van der Waals surface area contributed by atoms with Crippen LogP contribution in [-0.2, 0) is 0 Å². The second-order valence-electron chi connectivity index (χ2n) is 7.64. The van der Waals surface area contributed by atoms with E-state index in [0.29, 0.717) is 37.6 Å². The molecule has 158 valence electrons. The highest BCUT2D eigenvalue weighted by molar-refractivity contribution is 5.95. The lowest BCUT2D eigenvalue weighted by Gasteiger charge is -2.35. The van der Waals surface area contributed by atoms with Crippen molar-refractivity contribution in [1.29, 1.82) is 0 Å². The smallest absolute Gasteiger partial charge is 0.270 e. The van der Waals surface area contributed by atoms with Gasteiger partial charge in [-0.05, 0) is 19.9 Å². The maximum Gasteiger partial charge on any atom is 0.270 e. The monoisotopic (exact) mass is 417 g/mol. The summed E-state index contributed by atoms with van der Waals surface area (Å²) in [5, 5.41) is 11.0. The number of aromatic nitrogens is 2. The van der Waals surface area contributed by atoms with E-state index in [1.165, 1.54) is 23.8 Å². The predicted molar refractivity (Wildman–Crippen MR) is 118 cm³/mol. The molecule has 0 spiro atoms. The average molecular weight is 417 g/mol. The Hall–Kier alpha value is -3.81. The summed E-state index contributed by atoms with van der Waals surface area (Å²) in [4.78, 5) is 36.5. The second-order valence-corrected chi connectivity index (χ2v) is 7.64. The third-order valence-corrected chi connectivity index (χ3v) is 5.35. The molecule has 0 N–H and O–H groups in total. The van der Waals surface area contributed by atoms with E-state index in [1.54, 1.807) is 11.0 Å². The minimum absolute atomic E-state index is 0.0791. The lowest BCUT2D eigenvalue weighted by Crippen LogP contribution is -2.49. The van der Waals surface area contributed by atoms with Gasteiger partial charge in [0.25, 0.3) is 11.6 Å². The fourth-order valence-electron chi connectivity index (χ4n) is 3.62. The maximum atomic E-state index is 12.8. The highest BCUT2D eigenvalue weighted by Gasteiger charge is 2.24. The molecule has 1 aromatic heterocycles. The molecule has 4 rings (SSSR count). The number of nitrogens with zero attached hydrogens (tertiary/aromatic N) is 5. The zero-order valence-corrected chi connectivity index (χ0v) is 17.5. The Morgan fingerprint density at radius 1 is 0.968 bits per heavy atom. The first-order valence-corrected chi connectivity index (χ1v) is 10.1. The van der Waals surface area contributed by atoms with E-state index in [2.05, 4.69) is 9.88 Å². The summed E-state index contributed by atoms with van der Waals surface area (Å²) in [6, 6.07) is 15.9. The van der Waals surface area contributed by atoms with Crippen molar-refractivity contribution in [3.05, 3.63) is 81.5 Å². The largest absolute Gasteiger partial charge is 0.353 e. The van der Waals surface area contributed by atoms with Gasteiger partial charge in [0, 0.05) is 61.2 Å². The van der Waals surface area contributed by atoms with Gasteiger partial charge in [-0.3, -0.25) is 14.9 Å². The van der Waals surface area contributed by atoms with Crippen molar-refractivity contribution in [2.45, 2.75) is 13.8 Å². The fourth-order valence-corrected chi connectivity index (χ4v) is 3.62. The number of piperazine rings is 1. The first kappa shape index (κ1) is 20.5. The molecule has 0 aliphatic carbocycles. The van der Waals surface area contributed by atoms with Crippen molar-refractivity contribution in [2.75, 3.05) is 31.1 Å². The number of rotatable bonds is 4. The number of amides is 1. The number of anilines is 1. The molecular weight excluding hydrogens is 394 g/mol. The molecule has 0 unspecified atom stereocenters. The van der Waals surface area contributed by atoms with Crippen molar-refractivity contribution in [3.8, 4) is 11.4 Å². The first-order valence-electron chi connectivity index (χ1n) is 10.1. The Bertz CT molecular complexity index is 1120. The maximum absolute atomic E-state index is 12.8. The summed E-state index contributed by atoms with van der Waals surface area (Å²) in [6.07, 6.45) is 0. The van der Waals surface area contributed by atoms with E-state index < -0.39 is 4.92 Å². The van der Waals surface area contributed by atoms with Crippen molar-refractivity contribution in [1.82, 2.24) is 14.9 Å². The number of carbonyl (C=O) groups excluding carboxylic acids is 1. The Morgan fingerprint density at radius 2 is 1.68 bits per heavy atom. The molecule has 2 aromatic carbocycles. The van der Waals surface area contributed by atoms with Crippen LogP contribution >= 0.6 is 0 Å². The summed E-state index contributed by atoms with van der Waals surface area (Å²) in [5.41, 5.74) is 3.29. The molecule has 0 radical (unpaired) electrons. The number of hydrogen-bond acceptors (Lipinski definition) is 6. The molecule has 1 aliphatic rings. The van der Waals surface area contributed by atoms with E-state index in [-0.39, 0.29) is 11.6 Å². The average Bonchev–Trinajstić information content (AvgIpc) is 2.79. The molecule has 31 heavy (non-hydrogen) atoms. The molecule has 1 saturated heterocycles. The van der Waals surface area contributed by atoms with Crippen LogP contribution in [0.25, 0.3) is 11.4 Å². The highest BCUT2D eigenvalue weighted by atomic mass is 16.6. The zero-order valence-electron chi connectivity index (χ0n) is 17.5. The molecule has 0 atom stereocenters. The molecule has 1 fully saturated rings. The van der Waals surface area contributed by atoms with Crippen LogP contribution in [0.15, 0.2) is 54.6 Å². The number of benzene rings is 2. The molecule has 1 amide bonds. The molecule has 8 nitrogen and oxygen atoms in total. The van der Waals surface area contributed by atoms with Crippen molar-refractivity contribution in [3.63, 3.8) is 0 Å². The first-order chi connectivity index (χ1) is 14.9. The fraction of sp³-hybridized carbons (Fsp3) is 0.261. The third kappa shape index (κ3) is 4.53. The minimum Gasteiger partial charge on any atom is -0.353 e. The van der Waals surface area contributed by atoms with Crippen LogP contribution in [0.4, 0.5) is 11.5 Å². The molecular formula is C23H23N5O3. The SMILES string of the molecule is Cc1ccc(-c2nc(C)cc(N3CCN(C(=O)c4cccc([N+](=O)[O-])c4)CC3)n2)cc1. The van der Waals surface area contributed by atoms with E-state index in [0.717, 1.165) is 17.1 Å². The van der Waals surface area contributed by atoms with Crippen molar-refractivity contribution in [2.24, 2.45) is 0 Å². The highest BCUT2D eigenvalue weighted by Crippen LogP contribution is 2.22. The number of non-ortho nitro benzene ring substituents is 1. The summed E-state index contributed by atoms with van der Waals surface area (Å²) < 4.78 is 0. The van der Waals surface area contributed by atoms with Gasteiger partial charge in [-0.2, -0.15) is 0 Å². The minimum atomic E-state index is -0.488. The topological polar surface area (TPSA) is 92.5 Å².